The van der Waals surface area contributed by atoms with Crippen molar-refractivity contribution in [1.82, 2.24) is 4.90 Å². The summed E-state index contributed by atoms with van der Waals surface area (Å²) in [5, 5.41) is 13.9. The molecule has 10 heteroatoms. The van der Waals surface area contributed by atoms with Gasteiger partial charge in [-0.2, -0.15) is 0 Å². The first-order valence-corrected chi connectivity index (χ1v) is 11.3. The van der Waals surface area contributed by atoms with Crippen molar-refractivity contribution in [3.63, 3.8) is 0 Å². The number of methoxy groups -OCH3 is 2. The molecule has 3 aromatic carbocycles. The molecule has 10 nitrogen and oxygen atoms in total. The normalized spacial score (nSPS) is 13.2. The van der Waals surface area contributed by atoms with Crippen molar-refractivity contribution in [2.75, 3.05) is 50.6 Å². The summed E-state index contributed by atoms with van der Waals surface area (Å²) in [6.07, 6.45) is 0. The number of nitro benzene ring substituents is 1. The average molecular weight is 491 g/mol. The van der Waals surface area contributed by atoms with Crippen LogP contribution in [0.5, 0.6) is 11.5 Å². The van der Waals surface area contributed by atoms with E-state index in [0.717, 1.165) is 5.69 Å². The molecule has 1 saturated heterocycles. The number of nitrogens with zero attached hydrogens (tertiary/aromatic N) is 3. The fourth-order valence-corrected chi connectivity index (χ4v) is 4.06. The van der Waals surface area contributed by atoms with Gasteiger partial charge in [0.15, 0.2) is 0 Å². The van der Waals surface area contributed by atoms with Crippen molar-refractivity contribution >= 4 is 28.9 Å². The highest BCUT2D eigenvalue weighted by atomic mass is 16.6. The molecule has 1 N–H and O–H groups in total. The molecule has 0 bridgehead atoms. The van der Waals surface area contributed by atoms with Crippen molar-refractivity contribution in [2.24, 2.45) is 0 Å². The quantitative estimate of drug-likeness (QED) is 0.395. The number of carbonyl (C=O) groups excluding carboxylic acids is 2. The van der Waals surface area contributed by atoms with Crippen LogP contribution in [0.3, 0.4) is 0 Å². The second-order valence-electron chi connectivity index (χ2n) is 8.16. The summed E-state index contributed by atoms with van der Waals surface area (Å²) < 4.78 is 10.5. The largest absolute Gasteiger partial charge is 0.497 e. The van der Waals surface area contributed by atoms with Crippen molar-refractivity contribution in [3.8, 4) is 11.5 Å². The van der Waals surface area contributed by atoms with Gasteiger partial charge in [-0.15, -0.1) is 0 Å². The maximum Gasteiger partial charge on any atom is 0.282 e. The molecule has 186 valence electrons. The second-order valence-corrected chi connectivity index (χ2v) is 8.16. The topological polar surface area (TPSA) is 114 Å². The minimum Gasteiger partial charge on any atom is -0.497 e. The summed E-state index contributed by atoms with van der Waals surface area (Å²) in [6, 6.07) is 18.2. The van der Waals surface area contributed by atoms with Crippen LogP contribution in [-0.2, 0) is 0 Å². The van der Waals surface area contributed by atoms with Gasteiger partial charge in [-0.05, 0) is 42.5 Å². The van der Waals surface area contributed by atoms with Gasteiger partial charge in [0.05, 0.1) is 19.1 Å². The first-order chi connectivity index (χ1) is 17.4. The third-order valence-corrected chi connectivity index (χ3v) is 6.00. The molecule has 0 aliphatic carbocycles. The Balaban J connectivity index is 1.37. The Morgan fingerprint density at radius 1 is 0.889 bits per heavy atom. The standard InChI is InChI=1S/C26H26N4O6/c1-35-21-15-18(16-22(17-21)36-2)26(32)29-13-11-28(12-14-29)20-9-7-19(8-10-20)27-25(31)23-5-3-4-6-24(23)30(33)34/h3-10,15-17H,11-14H2,1-2H3,(H,27,31). The lowest BCUT2D eigenvalue weighted by Gasteiger charge is -2.36. The zero-order valence-electron chi connectivity index (χ0n) is 20.0. The predicted octanol–water partition coefficient (Wildman–Crippen LogP) is 3.83. The van der Waals surface area contributed by atoms with Crippen LogP contribution in [-0.4, -0.2) is 62.0 Å². The van der Waals surface area contributed by atoms with E-state index in [1.54, 1.807) is 55.5 Å². The number of anilines is 2. The Morgan fingerprint density at radius 2 is 1.50 bits per heavy atom. The number of para-hydroxylation sites is 1. The molecule has 3 aromatic rings. The molecule has 0 saturated carbocycles. The van der Waals surface area contributed by atoms with Gasteiger partial charge in [-0.1, -0.05) is 12.1 Å². The van der Waals surface area contributed by atoms with E-state index in [-0.39, 0.29) is 17.2 Å². The summed E-state index contributed by atoms with van der Waals surface area (Å²) in [5.41, 5.74) is 1.75. The maximum absolute atomic E-state index is 13.0. The molecule has 1 aliphatic rings. The fraction of sp³-hybridized carbons (Fsp3) is 0.231. The van der Waals surface area contributed by atoms with E-state index < -0.39 is 10.8 Å². The van der Waals surface area contributed by atoms with Crippen molar-refractivity contribution in [1.29, 1.82) is 0 Å². The van der Waals surface area contributed by atoms with Crippen molar-refractivity contribution in [2.45, 2.75) is 0 Å². The van der Waals surface area contributed by atoms with Crippen LogP contribution >= 0.6 is 0 Å². The second kappa shape index (κ2) is 10.8. The van der Waals surface area contributed by atoms with Crippen molar-refractivity contribution < 1.29 is 24.0 Å². The number of amides is 2. The van der Waals surface area contributed by atoms with Gasteiger partial charge >= 0.3 is 0 Å². The third-order valence-electron chi connectivity index (χ3n) is 6.00. The molecule has 0 radical (unpaired) electrons. The summed E-state index contributed by atoms with van der Waals surface area (Å²) in [5.74, 6) is 0.493. The highest BCUT2D eigenvalue weighted by molar-refractivity contribution is 6.07. The van der Waals surface area contributed by atoms with E-state index in [1.165, 1.54) is 18.2 Å². The predicted molar refractivity (Wildman–Crippen MR) is 135 cm³/mol. The first-order valence-electron chi connectivity index (χ1n) is 11.3. The van der Waals surface area contributed by atoms with E-state index in [2.05, 4.69) is 10.2 Å². The third kappa shape index (κ3) is 5.38. The van der Waals surface area contributed by atoms with Crippen molar-refractivity contribution in [3.05, 3.63) is 88.0 Å². The highest BCUT2D eigenvalue weighted by Crippen LogP contribution is 2.25. The first kappa shape index (κ1) is 24.5. The molecule has 1 heterocycles. The van der Waals surface area contributed by atoms with Crippen LogP contribution in [0.15, 0.2) is 66.7 Å². The summed E-state index contributed by atoms with van der Waals surface area (Å²) in [7, 11) is 3.09. The lowest BCUT2D eigenvalue weighted by molar-refractivity contribution is -0.385. The fourth-order valence-electron chi connectivity index (χ4n) is 4.06. The molecule has 36 heavy (non-hydrogen) atoms. The Morgan fingerprint density at radius 3 is 2.08 bits per heavy atom. The van der Waals surface area contributed by atoms with Crippen LogP contribution < -0.4 is 19.7 Å². The molecule has 0 aromatic heterocycles. The molecule has 0 atom stereocenters. The minimum atomic E-state index is -0.576. The van der Waals surface area contributed by atoms with Gasteiger partial charge in [0.1, 0.15) is 17.1 Å². The van der Waals surface area contributed by atoms with Crippen LogP contribution in [0.25, 0.3) is 0 Å². The smallest absolute Gasteiger partial charge is 0.282 e. The number of benzene rings is 3. The molecule has 0 spiro atoms. The Kier molecular flexibility index (Phi) is 7.33. The van der Waals surface area contributed by atoms with E-state index in [0.29, 0.717) is 48.9 Å². The minimum absolute atomic E-state index is 0.000946. The molecular weight excluding hydrogens is 464 g/mol. The summed E-state index contributed by atoms with van der Waals surface area (Å²) >= 11 is 0. The SMILES string of the molecule is COc1cc(OC)cc(C(=O)N2CCN(c3ccc(NC(=O)c4ccccc4[N+](=O)[O-])cc3)CC2)c1. The molecule has 1 fully saturated rings. The van der Waals surface area contributed by atoms with Gasteiger partial charge in [-0.3, -0.25) is 19.7 Å². The molecule has 4 rings (SSSR count). The van der Waals surface area contributed by atoms with Crippen LogP contribution in [0.1, 0.15) is 20.7 Å². The highest BCUT2D eigenvalue weighted by Gasteiger charge is 2.24. The lowest BCUT2D eigenvalue weighted by atomic mass is 10.1. The molecule has 2 amide bonds. The number of rotatable bonds is 7. The van der Waals surface area contributed by atoms with Crippen LogP contribution in [0.4, 0.5) is 17.1 Å². The Labute approximate surface area is 208 Å². The number of nitrogens with one attached hydrogen (secondary N) is 1. The average Bonchev–Trinajstić information content (AvgIpc) is 2.92. The zero-order chi connectivity index (χ0) is 25.7. The van der Waals surface area contributed by atoms with Gasteiger partial charge in [0.25, 0.3) is 17.5 Å². The van der Waals surface area contributed by atoms with E-state index >= 15 is 0 Å². The van der Waals surface area contributed by atoms with Crippen LogP contribution in [0, 0.1) is 10.1 Å². The number of carbonyl (C=O) groups is 2. The van der Waals surface area contributed by atoms with Gasteiger partial charge in [0.2, 0.25) is 0 Å². The Hall–Kier alpha value is -4.60. The number of ether oxygens (including phenoxy) is 2. The molecule has 1 aliphatic heterocycles. The van der Waals surface area contributed by atoms with E-state index in [1.807, 2.05) is 12.1 Å². The van der Waals surface area contributed by atoms with Crippen LogP contribution in [0.2, 0.25) is 0 Å². The zero-order valence-corrected chi connectivity index (χ0v) is 20.0. The number of hydrogen-bond acceptors (Lipinski definition) is 7. The summed E-state index contributed by atoms with van der Waals surface area (Å²) in [4.78, 5) is 40.1. The molecular formula is C26H26N4O6. The molecule has 0 unspecified atom stereocenters. The summed E-state index contributed by atoms with van der Waals surface area (Å²) in [6.45, 7) is 2.40. The van der Waals surface area contributed by atoms with Gasteiger partial charge < -0.3 is 24.6 Å². The van der Waals surface area contributed by atoms with Gasteiger partial charge in [0, 0.05) is 55.2 Å². The van der Waals surface area contributed by atoms with E-state index in [4.69, 9.17) is 9.47 Å². The number of hydrogen-bond donors (Lipinski definition) is 1. The monoisotopic (exact) mass is 490 g/mol. The number of nitro groups is 1. The maximum atomic E-state index is 13.0. The van der Waals surface area contributed by atoms with E-state index in [9.17, 15) is 19.7 Å². The number of piperazine rings is 1. The van der Waals surface area contributed by atoms with Gasteiger partial charge in [-0.25, -0.2) is 0 Å². The lowest BCUT2D eigenvalue weighted by Crippen LogP contribution is -2.48. The Bertz CT molecular complexity index is 1250.